The molecule has 9 heteroatoms. The first-order valence-corrected chi connectivity index (χ1v) is 4.67. The number of ether oxygens (including phenoxy) is 1. The van der Waals surface area contributed by atoms with Gasteiger partial charge in [-0.25, -0.2) is 29.2 Å². The molecule has 0 atom stereocenters. The van der Waals surface area contributed by atoms with Crippen molar-refractivity contribution in [3.8, 4) is 5.82 Å². The fourth-order valence-corrected chi connectivity index (χ4v) is 1.21. The quantitative estimate of drug-likeness (QED) is 0.725. The van der Waals surface area contributed by atoms with E-state index in [2.05, 4.69) is 24.8 Å². The summed E-state index contributed by atoms with van der Waals surface area (Å²) in [5.41, 5.74) is -0.154. The van der Waals surface area contributed by atoms with Crippen molar-refractivity contribution in [3.63, 3.8) is 0 Å². The molecule has 0 saturated heterocycles. The fraction of sp³-hybridized carbons (Fsp3) is 0.111. The van der Waals surface area contributed by atoms with Gasteiger partial charge in [-0.2, -0.15) is 0 Å². The van der Waals surface area contributed by atoms with E-state index in [0.717, 1.165) is 10.9 Å². The number of methoxy groups -OCH3 is 1. The standard InChI is InChI=1S/C9H7N5O4/c1-18-9(17)6-12-4-14(13-6)7-5(8(15)16)2-10-3-11-7/h2-4H,1H3,(H,15,16). The molecule has 2 aromatic rings. The Morgan fingerprint density at radius 3 is 2.83 bits per heavy atom. The predicted octanol–water partition coefficient (Wildman–Crippen LogP) is -0.458. The first-order chi connectivity index (χ1) is 8.63. The van der Waals surface area contributed by atoms with Crippen molar-refractivity contribution in [1.82, 2.24) is 24.7 Å². The summed E-state index contributed by atoms with van der Waals surface area (Å²) >= 11 is 0. The van der Waals surface area contributed by atoms with Gasteiger partial charge in [0.1, 0.15) is 18.2 Å². The number of aromatic carboxylic acids is 1. The summed E-state index contributed by atoms with van der Waals surface area (Å²) in [4.78, 5) is 33.2. The average Bonchev–Trinajstić information content (AvgIpc) is 2.87. The van der Waals surface area contributed by atoms with Crippen molar-refractivity contribution in [2.75, 3.05) is 7.11 Å². The van der Waals surface area contributed by atoms with Gasteiger partial charge >= 0.3 is 11.9 Å². The molecule has 0 radical (unpaired) electrons. The molecule has 0 amide bonds. The zero-order valence-electron chi connectivity index (χ0n) is 9.14. The molecule has 9 nitrogen and oxygen atoms in total. The second kappa shape index (κ2) is 4.57. The van der Waals surface area contributed by atoms with E-state index in [4.69, 9.17) is 5.11 Å². The molecule has 2 rings (SSSR count). The van der Waals surface area contributed by atoms with E-state index in [0.29, 0.717) is 0 Å². The zero-order chi connectivity index (χ0) is 13.1. The molecule has 0 aromatic carbocycles. The Morgan fingerprint density at radius 2 is 2.17 bits per heavy atom. The van der Waals surface area contributed by atoms with Crippen LogP contribution < -0.4 is 0 Å². The number of carboxylic acids is 1. The van der Waals surface area contributed by atoms with E-state index < -0.39 is 11.9 Å². The van der Waals surface area contributed by atoms with Crippen molar-refractivity contribution < 1.29 is 19.4 Å². The number of hydrogen-bond acceptors (Lipinski definition) is 7. The Morgan fingerprint density at radius 1 is 1.39 bits per heavy atom. The van der Waals surface area contributed by atoms with Crippen LogP contribution in [0.4, 0.5) is 0 Å². The lowest BCUT2D eigenvalue weighted by molar-refractivity contribution is 0.0586. The van der Waals surface area contributed by atoms with Gasteiger partial charge in [-0.05, 0) is 0 Å². The van der Waals surface area contributed by atoms with Crippen LogP contribution in [0.15, 0.2) is 18.9 Å². The maximum Gasteiger partial charge on any atom is 0.377 e. The molecule has 92 valence electrons. The summed E-state index contributed by atoms with van der Waals surface area (Å²) in [6.45, 7) is 0. The topological polar surface area (TPSA) is 120 Å². The number of esters is 1. The van der Waals surface area contributed by atoms with Crippen molar-refractivity contribution in [2.24, 2.45) is 0 Å². The second-order valence-electron chi connectivity index (χ2n) is 3.07. The summed E-state index contributed by atoms with van der Waals surface area (Å²) in [5.74, 6) is -2.10. The largest absolute Gasteiger partial charge is 0.477 e. The second-order valence-corrected chi connectivity index (χ2v) is 3.07. The third-order valence-electron chi connectivity index (χ3n) is 2.00. The van der Waals surface area contributed by atoms with Gasteiger partial charge in [0.05, 0.1) is 7.11 Å². The molecule has 18 heavy (non-hydrogen) atoms. The maximum absolute atomic E-state index is 11.2. The number of hydrogen-bond donors (Lipinski definition) is 1. The highest BCUT2D eigenvalue weighted by Crippen LogP contribution is 2.08. The molecular formula is C9H7N5O4. The van der Waals surface area contributed by atoms with Gasteiger partial charge in [-0.3, -0.25) is 0 Å². The predicted molar refractivity (Wildman–Crippen MR) is 55.2 cm³/mol. The first-order valence-electron chi connectivity index (χ1n) is 4.67. The molecule has 0 aliphatic rings. The van der Waals surface area contributed by atoms with Gasteiger partial charge in [0.15, 0.2) is 5.82 Å². The first kappa shape index (κ1) is 11.6. The zero-order valence-corrected chi connectivity index (χ0v) is 9.14. The van der Waals surface area contributed by atoms with Gasteiger partial charge in [0, 0.05) is 6.20 Å². The molecule has 0 aliphatic heterocycles. The van der Waals surface area contributed by atoms with Crippen LogP contribution in [0.2, 0.25) is 0 Å². The molecule has 2 heterocycles. The Bertz CT molecular complexity index is 609. The van der Waals surface area contributed by atoms with E-state index in [1.807, 2.05) is 0 Å². The van der Waals surface area contributed by atoms with Gasteiger partial charge in [0.2, 0.25) is 0 Å². The highest BCUT2D eigenvalue weighted by Gasteiger charge is 2.17. The molecule has 1 N–H and O–H groups in total. The summed E-state index contributed by atoms with van der Waals surface area (Å²) in [6.07, 6.45) is 3.46. The highest BCUT2D eigenvalue weighted by molar-refractivity contribution is 5.90. The third-order valence-corrected chi connectivity index (χ3v) is 2.00. The minimum absolute atomic E-state index is 0.0140. The van der Waals surface area contributed by atoms with Gasteiger partial charge in [-0.1, -0.05) is 0 Å². The van der Waals surface area contributed by atoms with Gasteiger partial charge in [-0.15, -0.1) is 5.10 Å². The summed E-state index contributed by atoms with van der Waals surface area (Å²) in [5, 5.41) is 12.7. The molecule has 2 aromatic heterocycles. The van der Waals surface area contributed by atoms with Crippen molar-refractivity contribution >= 4 is 11.9 Å². The van der Waals surface area contributed by atoms with Crippen LogP contribution in [0.3, 0.4) is 0 Å². The Balaban J connectivity index is 2.46. The van der Waals surface area contributed by atoms with Crippen LogP contribution in [0.1, 0.15) is 21.0 Å². The number of carbonyl (C=O) groups excluding carboxylic acids is 1. The van der Waals surface area contributed by atoms with E-state index in [1.165, 1.54) is 19.8 Å². The van der Waals surface area contributed by atoms with Crippen LogP contribution in [-0.4, -0.2) is 48.9 Å². The van der Waals surface area contributed by atoms with Crippen molar-refractivity contribution in [3.05, 3.63) is 30.2 Å². The number of aromatic nitrogens is 5. The van der Waals surface area contributed by atoms with Crippen LogP contribution >= 0.6 is 0 Å². The van der Waals surface area contributed by atoms with Crippen LogP contribution in [0.5, 0.6) is 0 Å². The van der Waals surface area contributed by atoms with Crippen LogP contribution in [0, 0.1) is 0 Å². The third kappa shape index (κ3) is 2.00. The lowest BCUT2D eigenvalue weighted by Crippen LogP contribution is -2.10. The van der Waals surface area contributed by atoms with Crippen molar-refractivity contribution in [2.45, 2.75) is 0 Å². The summed E-state index contributed by atoms with van der Waals surface area (Å²) in [6, 6.07) is 0. The average molecular weight is 249 g/mol. The molecule has 0 saturated carbocycles. The van der Waals surface area contributed by atoms with E-state index >= 15 is 0 Å². The molecule has 0 spiro atoms. The van der Waals surface area contributed by atoms with Crippen molar-refractivity contribution in [1.29, 1.82) is 0 Å². The molecule has 0 bridgehead atoms. The smallest absolute Gasteiger partial charge is 0.377 e. The molecule has 0 unspecified atom stereocenters. The SMILES string of the molecule is COC(=O)c1ncn(-c2ncncc2C(=O)O)n1. The Labute approximate surface area is 100 Å². The Kier molecular flexibility index (Phi) is 2.96. The highest BCUT2D eigenvalue weighted by atomic mass is 16.5. The maximum atomic E-state index is 11.2. The minimum atomic E-state index is -1.21. The van der Waals surface area contributed by atoms with E-state index in [1.54, 1.807) is 0 Å². The number of carboxylic acid groups (broad SMARTS) is 1. The summed E-state index contributed by atoms with van der Waals surface area (Å²) in [7, 11) is 1.19. The normalized spacial score (nSPS) is 10.1. The lowest BCUT2D eigenvalue weighted by atomic mass is 10.3. The Hall–Kier alpha value is -2.84. The van der Waals surface area contributed by atoms with E-state index in [9.17, 15) is 9.59 Å². The fourth-order valence-electron chi connectivity index (χ4n) is 1.21. The lowest BCUT2D eigenvalue weighted by Gasteiger charge is -2.01. The van der Waals surface area contributed by atoms with Gasteiger partial charge in [0.25, 0.3) is 5.82 Å². The molecule has 0 aliphatic carbocycles. The minimum Gasteiger partial charge on any atom is -0.477 e. The number of carbonyl (C=O) groups is 2. The molecule has 0 fully saturated rings. The van der Waals surface area contributed by atoms with Gasteiger partial charge < -0.3 is 9.84 Å². The monoisotopic (exact) mass is 249 g/mol. The van der Waals surface area contributed by atoms with E-state index in [-0.39, 0.29) is 17.2 Å². The molecular weight excluding hydrogens is 242 g/mol. The van der Waals surface area contributed by atoms with Crippen LogP contribution in [-0.2, 0) is 4.74 Å². The number of rotatable bonds is 3. The van der Waals surface area contributed by atoms with Crippen LogP contribution in [0.25, 0.3) is 5.82 Å². The summed E-state index contributed by atoms with van der Waals surface area (Å²) < 4.78 is 5.50. The number of nitrogens with zero attached hydrogens (tertiary/aromatic N) is 5.